The highest BCUT2D eigenvalue weighted by Gasteiger charge is 2.20. The van der Waals surface area contributed by atoms with Crippen molar-refractivity contribution in [1.29, 1.82) is 0 Å². The number of rotatable bonds is 6. The fraction of sp³-hybridized carbons (Fsp3) is 0.417. The Labute approximate surface area is 118 Å². The van der Waals surface area contributed by atoms with E-state index in [1.165, 1.54) is 32.4 Å². The van der Waals surface area contributed by atoms with Crippen molar-refractivity contribution in [2.45, 2.75) is 17.9 Å². The lowest BCUT2D eigenvalue weighted by Gasteiger charge is -2.13. The molecule has 1 rings (SSSR count). The number of nitrogens with one attached hydrogen (secondary N) is 2. The monoisotopic (exact) mass is 301 g/mol. The second-order valence-corrected chi connectivity index (χ2v) is 6.04. The fourth-order valence-electron chi connectivity index (χ4n) is 1.50. The van der Waals surface area contributed by atoms with Gasteiger partial charge in [-0.2, -0.15) is 0 Å². The zero-order valence-corrected chi connectivity index (χ0v) is 12.5. The number of sulfonamides is 1. The maximum absolute atomic E-state index is 12.0. The number of nitrogens with two attached hydrogens (primary N) is 1. The Bertz CT molecular complexity index is 586. The first-order chi connectivity index (χ1) is 9.35. The second-order valence-electron chi connectivity index (χ2n) is 4.18. The van der Waals surface area contributed by atoms with Gasteiger partial charge in [0.15, 0.2) is 0 Å². The Kier molecular flexibility index (Phi) is 5.49. The van der Waals surface area contributed by atoms with Crippen molar-refractivity contribution in [1.82, 2.24) is 10.0 Å². The van der Waals surface area contributed by atoms with Crippen molar-refractivity contribution in [3.63, 3.8) is 0 Å². The molecule has 1 aromatic carbocycles. The smallest absolute Gasteiger partial charge is 0.251 e. The Morgan fingerprint density at radius 2 is 2.10 bits per heavy atom. The van der Waals surface area contributed by atoms with Crippen LogP contribution in [0, 0.1) is 0 Å². The summed E-state index contributed by atoms with van der Waals surface area (Å²) in [7, 11) is -1.06. The number of benzene rings is 1. The molecule has 0 spiro atoms. The van der Waals surface area contributed by atoms with Crippen LogP contribution in [0.4, 0.5) is 0 Å². The predicted octanol–water partition coefficient (Wildman–Crippen LogP) is -0.320. The number of amides is 1. The van der Waals surface area contributed by atoms with Crippen molar-refractivity contribution in [3.8, 4) is 5.75 Å². The highest BCUT2D eigenvalue weighted by atomic mass is 32.2. The third-order valence-corrected chi connectivity index (χ3v) is 4.15. The molecule has 0 aromatic heterocycles. The van der Waals surface area contributed by atoms with E-state index in [9.17, 15) is 13.2 Å². The SMILES string of the molecule is CNS(=O)(=O)c1cc(C(=O)N[C@@H](C)CN)ccc1OC. The standard InChI is InChI=1S/C12H19N3O4S/c1-8(7-13)15-12(16)9-4-5-10(19-3)11(6-9)20(17,18)14-2/h4-6,8,14H,7,13H2,1-3H3,(H,15,16)/t8-/m0/s1. The molecule has 0 aliphatic rings. The summed E-state index contributed by atoms with van der Waals surface area (Å²) in [5, 5.41) is 2.66. The summed E-state index contributed by atoms with van der Waals surface area (Å²) in [5.74, 6) is -0.221. The molecule has 20 heavy (non-hydrogen) atoms. The third kappa shape index (κ3) is 3.69. The van der Waals surface area contributed by atoms with Crippen LogP contribution in [0.25, 0.3) is 0 Å². The maximum Gasteiger partial charge on any atom is 0.251 e. The van der Waals surface area contributed by atoms with Gasteiger partial charge in [-0.15, -0.1) is 0 Å². The minimum absolute atomic E-state index is 0.0875. The maximum atomic E-state index is 12.0. The van der Waals surface area contributed by atoms with E-state index in [2.05, 4.69) is 10.0 Å². The van der Waals surface area contributed by atoms with Gasteiger partial charge in [-0.1, -0.05) is 0 Å². The summed E-state index contributed by atoms with van der Waals surface area (Å²) in [6.07, 6.45) is 0. The van der Waals surface area contributed by atoms with Crippen molar-refractivity contribution < 1.29 is 17.9 Å². The largest absolute Gasteiger partial charge is 0.495 e. The second kappa shape index (κ2) is 6.69. The lowest BCUT2D eigenvalue weighted by atomic mass is 10.2. The van der Waals surface area contributed by atoms with Gasteiger partial charge in [-0.25, -0.2) is 13.1 Å². The highest BCUT2D eigenvalue weighted by Crippen LogP contribution is 2.24. The fourth-order valence-corrected chi connectivity index (χ4v) is 2.42. The van der Waals surface area contributed by atoms with Gasteiger partial charge in [-0.05, 0) is 32.2 Å². The molecule has 0 radical (unpaired) electrons. The Morgan fingerprint density at radius 3 is 2.60 bits per heavy atom. The zero-order valence-electron chi connectivity index (χ0n) is 11.6. The van der Waals surface area contributed by atoms with E-state index in [4.69, 9.17) is 10.5 Å². The molecular weight excluding hydrogens is 282 g/mol. The first-order valence-corrected chi connectivity index (χ1v) is 7.46. The number of ether oxygens (including phenoxy) is 1. The lowest BCUT2D eigenvalue weighted by molar-refractivity contribution is 0.0941. The molecule has 0 aliphatic heterocycles. The molecule has 7 nitrogen and oxygen atoms in total. The average molecular weight is 301 g/mol. The number of carbonyl (C=O) groups excluding carboxylic acids is 1. The topological polar surface area (TPSA) is 111 Å². The molecule has 0 fully saturated rings. The van der Waals surface area contributed by atoms with E-state index in [-0.39, 0.29) is 22.3 Å². The van der Waals surface area contributed by atoms with Crippen molar-refractivity contribution >= 4 is 15.9 Å². The van der Waals surface area contributed by atoms with Gasteiger partial charge in [-0.3, -0.25) is 4.79 Å². The number of hydrogen-bond acceptors (Lipinski definition) is 5. The van der Waals surface area contributed by atoms with Crippen LogP contribution in [0.5, 0.6) is 5.75 Å². The molecule has 0 unspecified atom stereocenters. The summed E-state index contributed by atoms with van der Waals surface area (Å²) in [6.45, 7) is 2.05. The van der Waals surface area contributed by atoms with Gasteiger partial charge >= 0.3 is 0 Å². The number of hydrogen-bond donors (Lipinski definition) is 3. The van der Waals surface area contributed by atoms with Crippen molar-refractivity contribution in [3.05, 3.63) is 23.8 Å². The molecule has 0 bridgehead atoms. The van der Waals surface area contributed by atoms with Crippen LogP contribution in [0.2, 0.25) is 0 Å². The summed E-state index contributed by atoms with van der Waals surface area (Å²) >= 11 is 0. The third-order valence-electron chi connectivity index (χ3n) is 2.72. The van der Waals surface area contributed by atoms with Crippen LogP contribution in [0.3, 0.4) is 0 Å². The molecule has 112 valence electrons. The van der Waals surface area contributed by atoms with Gasteiger partial charge in [0.1, 0.15) is 10.6 Å². The number of methoxy groups -OCH3 is 1. The molecular formula is C12H19N3O4S. The van der Waals surface area contributed by atoms with Crippen molar-refractivity contribution in [2.75, 3.05) is 20.7 Å². The van der Waals surface area contributed by atoms with E-state index in [0.29, 0.717) is 6.54 Å². The number of carbonyl (C=O) groups is 1. The van der Waals surface area contributed by atoms with Gasteiger partial charge < -0.3 is 15.8 Å². The van der Waals surface area contributed by atoms with Crippen LogP contribution in [-0.4, -0.2) is 41.1 Å². The van der Waals surface area contributed by atoms with E-state index in [1.54, 1.807) is 6.92 Å². The van der Waals surface area contributed by atoms with E-state index in [1.807, 2.05) is 0 Å². The van der Waals surface area contributed by atoms with E-state index in [0.717, 1.165) is 0 Å². The van der Waals surface area contributed by atoms with Crippen LogP contribution >= 0.6 is 0 Å². The highest BCUT2D eigenvalue weighted by molar-refractivity contribution is 7.89. The summed E-state index contributed by atoms with van der Waals surface area (Å²) in [5.41, 5.74) is 5.65. The van der Waals surface area contributed by atoms with Crippen LogP contribution in [-0.2, 0) is 10.0 Å². The van der Waals surface area contributed by atoms with E-state index >= 15 is 0 Å². The minimum Gasteiger partial charge on any atom is -0.495 e. The molecule has 0 aliphatic carbocycles. The molecule has 1 atom stereocenters. The average Bonchev–Trinajstić information content (AvgIpc) is 2.46. The minimum atomic E-state index is -3.71. The predicted molar refractivity (Wildman–Crippen MR) is 75.2 cm³/mol. The quantitative estimate of drug-likeness (QED) is 0.667. The Hall–Kier alpha value is -1.64. The molecule has 0 heterocycles. The molecule has 1 amide bonds. The van der Waals surface area contributed by atoms with Gasteiger partial charge in [0.05, 0.1) is 7.11 Å². The molecule has 8 heteroatoms. The first kappa shape index (κ1) is 16.4. The normalized spacial score (nSPS) is 12.8. The molecule has 1 aromatic rings. The lowest BCUT2D eigenvalue weighted by Crippen LogP contribution is -2.37. The van der Waals surface area contributed by atoms with Gasteiger partial charge in [0.2, 0.25) is 10.0 Å². The summed E-state index contributed by atoms with van der Waals surface area (Å²) < 4.78 is 31.0. The Morgan fingerprint density at radius 1 is 1.45 bits per heavy atom. The summed E-state index contributed by atoms with van der Waals surface area (Å²) in [4.78, 5) is 11.9. The van der Waals surface area contributed by atoms with Gasteiger partial charge in [0.25, 0.3) is 5.91 Å². The van der Waals surface area contributed by atoms with Gasteiger partial charge in [0, 0.05) is 18.2 Å². The van der Waals surface area contributed by atoms with Crippen LogP contribution in [0.1, 0.15) is 17.3 Å². The first-order valence-electron chi connectivity index (χ1n) is 5.98. The summed E-state index contributed by atoms with van der Waals surface area (Å²) in [6, 6.07) is 4.00. The zero-order chi connectivity index (χ0) is 15.3. The molecule has 0 saturated heterocycles. The van der Waals surface area contributed by atoms with Crippen LogP contribution in [0.15, 0.2) is 23.1 Å². The van der Waals surface area contributed by atoms with Crippen LogP contribution < -0.4 is 20.5 Å². The van der Waals surface area contributed by atoms with Crippen molar-refractivity contribution in [2.24, 2.45) is 5.73 Å². The molecule has 0 saturated carbocycles. The Balaban J connectivity index is 3.20. The van der Waals surface area contributed by atoms with E-state index < -0.39 is 15.9 Å². The molecule has 4 N–H and O–H groups in total.